The van der Waals surface area contributed by atoms with E-state index in [4.69, 9.17) is 14.2 Å². The zero-order valence-corrected chi connectivity index (χ0v) is 13.1. The lowest BCUT2D eigenvalue weighted by atomic mass is 9.70. The summed E-state index contributed by atoms with van der Waals surface area (Å²) < 4.78 is 16.8. The van der Waals surface area contributed by atoms with Gasteiger partial charge in [0.05, 0.1) is 19.3 Å². The van der Waals surface area contributed by atoms with Crippen molar-refractivity contribution >= 4 is 5.91 Å². The van der Waals surface area contributed by atoms with Crippen LogP contribution in [0.15, 0.2) is 24.3 Å². The summed E-state index contributed by atoms with van der Waals surface area (Å²) in [7, 11) is 1.61. The average Bonchev–Trinajstić information content (AvgIpc) is 3.06. The minimum Gasteiger partial charge on any atom is -0.497 e. The normalized spacial score (nSPS) is 30.1. The lowest BCUT2D eigenvalue weighted by Crippen LogP contribution is -2.69. The van der Waals surface area contributed by atoms with E-state index in [2.05, 4.69) is 5.32 Å². The monoisotopic (exact) mass is 305 g/mol. The lowest BCUT2D eigenvalue weighted by molar-refractivity contribution is -0.194. The predicted octanol–water partition coefficient (Wildman–Crippen LogP) is 2.15. The molecule has 1 aromatic rings. The van der Waals surface area contributed by atoms with E-state index in [9.17, 15) is 4.79 Å². The van der Waals surface area contributed by atoms with Crippen molar-refractivity contribution in [3.05, 3.63) is 29.8 Å². The molecule has 1 saturated heterocycles. The van der Waals surface area contributed by atoms with Gasteiger partial charge in [0.25, 0.3) is 5.91 Å². The van der Waals surface area contributed by atoms with Gasteiger partial charge in [0.15, 0.2) is 0 Å². The van der Waals surface area contributed by atoms with Crippen molar-refractivity contribution in [2.45, 2.75) is 43.9 Å². The second-order valence-electron chi connectivity index (χ2n) is 5.84. The molecule has 0 radical (unpaired) electrons. The first-order valence-electron chi connectivity index (χ1n) is 7.90. The number of rotatable bonds is 5. The molecule has 1 aliphatic heterocycles. The van der Waals surface area contributed by atoms with Gasteiger partial charge in [-0.15, -0.1) is 0 Å². The van der Waals surface area contributed by atoms with Crippen LogP contribution in [-0.4, -0.2) is 44.0 Å². The molecule has 0 unspecified atom stereocenters. The van der Waals surface area contributed by atoms with Crippen LogP contribution >= 0.6 is 0 Å². The van der Waals surface area contributed by atoms with E-state index in [1.807, 2.05) is 6.92 Å². The minimum atomic E-state index is -0.321. The summed E-state index contributed by atoms with van der Waals surface area (Å²) in [6.45, 7) is 3.42. The summed E-state index contributed by atoms with van der Waals surface area (Å²) in [6, 6.07) is 7.16. The molecule has 1 aliphatic carbocycles. The van der Waals surface area contributed by atoms with Gasteiger partial charge in [-0.1, -0.05) is 0 Å². The van der Waals surface area contributed by atoms with Gasteiger partial charge in [0.1, 0.15) is 11.4 Å². The van der Waals surface area contributed by atoms with Crippen molar-refractivity contribution < 1.29 is 19.0 Å². The van der Waals surface area contributed by atoms with Crippen molar-refractivity contribution in [3.63, 3.8) is 0 Å². The Balaban J connectivity index is 1.66. The van der Waals surface area contributed by atoms with E-state index >= 15 is 0 Å². The number of hydrogen-bond donors (Lipinski definition) is 1. The van der Waals surface area contributed by atoms with Crippen molar-refractivity contribution in [1.29, 1.82) is 0 Å². The van der Waals surface area contributed by atoms with Crippen LogP contribution < -0.4 is 10.1 Å². The highest BCUT2D eigenvalue weighted by molar-refractivity contribution is 5.94. The average molecular weight is 305 g/mol. The van der Waals surface area contributed by atoms with Gasteiger partial charge in [0.2, 0.25) is 0 Å². The number of nitrogens with one attached hydrogen (secondary N) is 1. The summed E-state index contributed by atoms with van der Waals surface area (Å²) in [5.74, 6) is 0.671. The number of carbonyl (C=O) groups excluding carboxylic acids is 1. The number of benzene rings is 1. The fourth-order valence-corrected chi connectivity index (χ4v) is 3.46. The standard InChI is InChI=1S/C17H23NO4/c1-3-21-15-11-14(17(15)9-4-10-22-17)18-16(19)12-5-7-13(20-2)8-6-12/h5-8,14-15H,3-4,9-11H2,1-2H3,(H,18,19)/t14-,15-,17-/m1/s1. The third kappa shape index (κ3) is 2.59. The number of hydrogen-bond acceptors (Lipinski definition) is 4. The number of amides is 1. The van der Waals surface area contributed by atoms with Gasteiger partial charge >= 0.3 is 0 Å². The first-order chi connectivity index (χ1) is 10.7. The van der Waals surface area contributed by atoms with Crippen molar-refractivity contribution in [3.8, 4) is 5.75 Å². The molecule has 3 atom stereocenters. The van der Waals surface area contributed by atoms with Crippen LogP contribution in [0.1, 0.15) is 36.5 Å². The van der Waals surface area contributed by atoms with Gasteiger partial charge in [0, 0.05) is 18.8 Å². The summed E-state index contributed by atoms with van der Waals surface area (Å²) in [5, 5.41) is 3.11. The molecule has 22 heavy (non-hydrogen) atoms. The molecule has 1 N–H and O–H groups in total. The smallest absolute Gasteiger partial charge is 0.251 e. The third-order valence-corrected chi connectivity index (χ3v) is 4.69. The highest BCUT2D eigenvalue weighted by Crippen LogP contribution is 2.45. The van der Waals surface area contributed by atoms with E-state index in [-0.39, 0.29) is 23.7 Å². The molecule has 1 saturated carbocycles. The van der Waals surface area contributed by atoms with E-state index in [0.29, 0.717) is 12.2 Å². The minimum absolute atomic E-state index is 0.0288. The Labute approximate surface area is 130 Å². The van der Waals surface area contributed by atoms with Gasteiger partial charge in [-0.05, 0) is 50.5 Å². The van der Waals surface area contributed by atoms with Crippen molar-refractivity contribution in [2.75, 3.05) is 20.3 Å². The molecule has 2 aliphatic rings. The second kappa shape index (κ2) is 6.26. The molecular formula is C17H23NO4. The maximum atomic E-state index is 12.4. The first kappa shape index (κ1) is 15.3. The summed E-state index contributed by atoms with van der Waals surface area (Å²) in [5.41, 5.74) is 0.312. The fourth-order valence-electron chi connectivity index (χ4n) is 3.46. The first-order valence-corrected chi connectivity index (χ1v) is 7.90. The molecule has 2 fully saturated rings. The highest BCUT2D eigenvalue weighted by atomic mass is 16.6. The van der Waals surface area contributed by atoms with Crippen LogP contribution in [0.2, 0.25) is 0 Å². The largest absolute Gasteiger partial charge is 0.497 e. The molecule has 1 amide bonds. The lowest BCUT2D eigenvalue weighted by Gasteiger charge is -2.52. The van der Waals surface area contributed by atoms with E-state index < -0.39 is 0 Å². The Hall–Kier alpha value is -1.59. The Bertz CT molecular complexity index is 522. The van der Waals surface area contributed by atoms with Crippen LogP contribution in [-0.2, 0) is 9.47 Å². The number of methoxy groups -OCH3 is 1. The number of carbonyl (C=O) groups is 1. The van der Waals surface area contributed by atoms with Gasteiger partial charge in [-0.25, -0.2) is 0 Å². The fraction of sp³-hybridized carbons (Fsp3) is 0.588. The maximum Gasteiger partial charge on any atom is 0.251 e. The van der Waals surface area contributed by atoms with Crippen LogP contribution in [0.3, 0.4) is 0 Å². The quantitative estimate of drug-likeness (QED) is 0.905. The topological polar surface area (TPSA) is 56.8 Å². The van der Waals surface area contributed by atoms with E-state index in [1.54, 1.807) is 31.4 Å². The molecule has 3 rings (SSSR count). The molecule has 1 aromatic carbocycles. The predicted molar refractivity (Wildman–Crippen MR) is 82.2 cm³/mol. The van der Waals surface area contributed by atoms with Gasteiger partial charge in [-0.2, -0.15) is 0 Å². The van der Waals surface area contributed by atoms with Gasteiger partial charge in [-0.3, -0.25) is 4.79 Å². The Morgan fingerprint density at radius 1 is 1.41 bits per heavy atom. The second-order valence-corrected chi connectivity index (χ2v) is 5.84. The zero-order chi connectivity index (χ0) is 15.6. The van der Waals surface area contributed by atoms with E-state index in [1.165, 1.54) is 0 Å². The van der Waals surface area contributed by atoms with Crippen LogP contribution in [0.5, 0.6) is 5.75 Å². The molecule has 5 heteroatoms. The van der Waals surface area contributed by atoms with Crippen LogP contribution in [0.25, 0.3) is 0 Å². The van der Waals surface area contributed by atoms with Crippen molar-refractivity contribution in [2.24, 2.45) is 0 Å². The zero-order valence-electron chi connectivity index (χ0n) is 13.1. The van der Waals surface area contributed by atoms with E-state index in [0.717, 1.165) is 31.6 Å². The van der Waals surface area contributed by atoms with Gasteiger partial charge < -0.3 is 19.5 Å². The molecule has 1 spiro atoms. The summed E-state index contributed by atoms with van der Waals surface area (Å²) in [6.07, 6.45) is 2.89. The highest BCUT2D eigenvalue weighted by Gasteiger charge is 2.59. The molecular weight excluding hydrogens is 282 g/mol. The van der Waals surface area contributed by atoms with Crippen LogP contribution in [0, 0.1) is 0 Å². The SMILES string of the molecule is CCO[C@@H]1C[C@@H](NC(=O)c2ccc(OC)cc2)[C@]12CCCO2. The molecule has 0 bridgehead atoms. The summed E-state index contributed by atoms with van der Waals surface area (Å²) >= 11 is 0. The Morgan fingerprint density at radius 3 is 2.77 bits per heavy atom. The molecule has 5 nitrogen and oxygen atoms in total. The maximum absolute atomic E-state index is 12.4. The van der Waals surface area contributed by atoms with Crippen molar-refractivity contribution in [1.82, 2.24) is 5.32 Å². The number of ether oxygens (including phenoxy) is 3. The van der Waals surface area contributed by atoms with Crippen LogP contribution in [0.4, 0.5) is 0 Å². The third-order valence-electron chi connectivity index (χ3n) is 4.69. The molecule has 0 aromatic heterocycles. The molecule has 1 heterocycles. The Kier molecular flexibility index (Phi) is 4.36. The Morgan fingerprint density at radius 2 is 2.18 bits per heavy atom. The molecule has 120 valence electrons. The summed E-state index contributed by atoms with van der Waals surface area (Å²) in [4.78, 5) is 12.4.